The largest absolute Gasteiger partial charge is 0.481 e. The lowest BCUT2D eigenvalue weighted by Gasteiger charge is -2.27. The van der Waals surface area contributed by atoms with Crippen LogP contribution in [0.2, 0.25) is 0 Å². The molecule has 23 heavy (non-hydrogen) atoms. The van der Waals surface area contributed by atoms with E-state index >= 15 is 0 Å². The van der Waals surface area contributed by atoms with Crippen molar-refractivity contribution in [3.8, 4) is 5.75 Å². The van der Waals surface area contributed by atoms with Gasteiger partial charge < -0.3 is 15.2 Å². The Morgan fingerprint density at radius 1 is 1.22 bits per heavy atom. The average molecular weight is 319 g/mol. The predicted octanol–water partition coefficient (Wildman–Crippen LogP) is 3.31. The zero-order chi connectivity index (χ0) is 17.0. The summed E-state index contributed by atoms with van der Waals surface area (Å²) in [7, 11) is 0. The molecule has 1 atom stereocenters. The molecule has 0 saturated heterocycles. The van der Waals surface area contributed by atoms with Crippen molar-refractivity contribution in [2.24, 2.45) is 0 Å². The van der Waals surface area contributed by atoms with E-state index in [0.29, 0.717) is 5.92 Å². The molecule has 2 rings (SSSR count). The fraction of sp³-hybridized carbons (Fsp3) is 0.632. The number of aliphatic hydroxyl groups excluding tert-OH is 1. The first-order valence-corrected chi connectivity index (χ1v) is 8.62. The Balaban J connectivity index is 1.94. The van der Waals surface area contributed by atoms with Crippen LogP contribution in [0.4, 0.5) is 0 Å². The number of nitrogens with one attached hydrogen (secondary N) is 1. The van der Waals surface area contributed by atoms with Crippen molar-refractivity contribution in [2.75, 3.05) is 0 Å². The first-order valence-electron chi connectivity index (χ1n) is 8.62. The molecule has 0 aromatic heterocycles. The zero-order valence-corrected chi connectivity index (χ0v) is 14.6. The average Bonchev–Trinajstić information content (AvgIpc) is 2.51. The molecule has 0 radical (unpaired) electrons. The van der Waals surface area contributed by atoms with E-state index in [9.17, 15) is 9.90 Å². The third-order valence-electron chi connectivity index (χ3n) is 4.59. The van der Waals surface area contributed by atoms with Gasteiger partial charge in [0.15, 0.2) is 6.10 Å². The van der Waals surface area contributed by atoms with Gasteiger partial charge in [0, 0.05) is 6.04 Å². The summed E-state index contributed by atoms with van der Waals surface area (Å²) in [4.78, 5) is 12.3. The maximum absolute atomic E-state index is 12.3. The van der Waals surface area contributed by atoms with E-state index in [1.807, 2.05) is 19.1 Å². The Labute approximate surface area is 139 Å². The van der Waals surface area contributed by atoms with E-state index in [1.54, 1.807) is 6.92 Å². The Morgan fingerprint density at radius 3 is 2.48 bits per heavy atom. The van der Waals surface area contributed by atoms with Gasteiger partial charge >= 0.3 is 0 Å². The van der Waals surface area contributed by atoms with E-state index in [0.717, 1.165) is 37.0 Å². The van der Waals surface area contributed by atoms with Gasteiger partial charge in [0.05, 0.1) is 6.10 Å². The van der Waals surface area contributed by atoms with Crippen molar-refractivity contribution < 1.29 is 14.6 Å². The molecule has 0 spiro atoms. The van der Waals surface area contributed by atoms with Gasteiger partial charge in [-0.25, -0.2) is 0 Å². The van der Waals surface area contributed by atoms with E-state index in [-0.39, 0.29) is 18.1 Å². The molecule has 1 aliphatic rings. The summed E-state index contributed by atoms with van der Waals surface area (Å²) in [5, 5.41) is 12.6. The number of hydrogen-bond donors (Lipinski definition) is 2. The molecule has 0 bridgehead atoms. The van der Waals surface area contributed by atoms with E-state index in [2.05, 4.69) is 25.2 Å². The van der Waals surface area contributed by atoms with Gasteiger partial charge in [-0.05, 0) is 62.6 Å². The lowest BCUT2D eigenvalue weighted by atomic mass is 9.93. The second kappa shape index (κ2) is 7.82. The van der Waals surface area contributed by atoms with Gasteiger partial charge in [-0.3, -0.25) is 4.79 Å². The second-order valence-electron chi connectivity index (χ2n) is 6.95. The molecule has 0 heterocycles. The summed E-state index contributed by atoms with van der Waals surface area (Å²) < 4.78 is 5.90. The number of carbonyl (C=O) groups is 1. The lowest BCUT2D eigenvalue weighted by molar-refractivity contribution is -0.128. The molecule has 1 unspecified atom stereocenters. The summed E-state index contributed by atoms with van der Waals surface area (Å²) in [5.41, 5.74) is 2.24. The monoisotopic (exact) mass is 319 g/mol. The fourth-order valence-corrected chi connectivity index (χ4v) is 2.89. The Hall–Kier alpha value is -1.55. The highest BCUT2D eigenvalue weighted by molar-refractivity contribution is 5.81. The highest BCUT2D eigenvalue weighted by Crippen LogP contribution is 2.25. The zero-order valence-electron chi connectivity index (χ0n) is 14.6. The molecule has 1 aromatic carbocycles. The van der Waals surface area contributed by atoms with Crippen molar-refractivity contribution in [3.63, 3.8) is 0 Å². The molecule has 1 amide bonds. The predicted molar refractivity (Wildman–Crippen MR) is 91.8 cm³/mol. The first-order chi connectivity index (χ1) is 10.9. The van der Waals surface area contributed by atoms with Crippen molar-refractivity contribution >= 4 is 5.91 Å². The maximum Gasteiger partial charge on any atom is 0.260 e. The van der Waals surface area contributed by atoms with Crippen molar-refractivity contribution in [2.45, 2.75) is 77.5 Å². The van der Waals surface area contributed by atoms with E-state index in [4.69, 9.17) is 4.74 Å². The number of aryl methyl sites for hydroxylation is 1. The van der Waals surface area contributed by atoms with Crippen LogP contribution in [0, 0.1) is 6.92 Å². The molecule has 0 aliphatic heterocycles. The van der Waals surface area contributed by atoms with Gasteiger partial charge in [0.2, 0.25) is 0 Å². The minimum atomic E-state index is -0.525. The molecule has 1 fully saturated rings. The highest BCUT2D eigenvalue weighted by Gasteiger charge is 2.24. The topological polar surface area (TPSA) is 58.6 Å². The van der Waals surface area contributed by atoms with Crippen molar-refractivity contribution in [1.82, 2.24) is 5.32 Å². The van der Waals surface area contributed by atoms with Gasteiger partial charge in [-0.1, -0.05) is 26.0 Å². The molecule has 4 nitrogen and oxygen atoms in total. The Kier molecular flexibility index (Phi) is 6.05. The minimum Gasteiger partial charge on any atom is -0.481 e. The van der Waals surface area contributed by atoms with Crippen molar-refractivity contribution in [1.29, 1.82) is 0 Å². The highest BCUT2D eigenvalue weighted by atomic mass is 16.5. The molecular formula is C19H29NO3. The van der Waals surface area contributed by atoms with Crippen LogP contribution in [0.3, 0.4) is 0 Å². The van der Waals surface area contributed by atoms with E-state index < -0.39 is 6.10 Å². The molecular weight excluding hydrogens is 290 g/mol. The van der Waals surface area contributed by atoms with Crippen LogP contribution in [-0.4, -0.2) is 29.3 Å². The number of rotatable bonds is 5. The molecule has 2 N–H and O–H groups in total. The smallest absolute Gasteiger partial charge is 0.260 e. The number of carbonyl (C=O) groups excluding carboxylic acids is 1. The third kappa shape index (κ3) is 4.96. The molecule has 1 aromatic rings. The van der Waals surface area contributed by atoms with E-state index in [1.165, 1.54) is 5.56 Å². The summed E-state index contributed by atoms with van der Waals surface area (Å²) >= 11 is 0. The van der Waals surface area contributed by atoms with Gasteiger partial charge in [0.1, 0.15) is 5.75 Å². The fourth-order valence-electron chi connectivity index (χ4n) is 2.89. The van der Waals surface area contributed by atoms with Crippen LogP contribution in [0.5, 0.6) is 5.75 Å². The van der Waals surface area contributed by atoms with Crippen LogP contribution in [0.1, 0.15) is 63.5 Å². The number of benzene rings is 1. The summed E-state index contributed by atoms with van der Waals surface area (Å²) in [6, 6.07) is 6.32. The molecule has 1 saturated carbocycles. The van der Waals surface area contributed by atoms with Crippen LogP contribution < -0.4 is 10.1 Å². The summed E-state index contributed by atoms with van der Waals surface area (Å²) in [6.45, 7) is 8.06. The lowest BCUT2D eigenvalue weighted by Crippen LogP contribution is -2.44. The molecule has 4 heteroatoms. The first kappa shape index (κ1) is 17.8. The minimum absolute atomic E-state index is 0.0826. The van der Waals surface area contributed by atoms with Crippen LogP contribution in [0.25, 0.3) is 0 Å². The normalized spacial score (nSPS) is 22.7. The standard InChI is InChI=1S/C19H29NO3/c1-12(2)15-6-5-13(3)18(11-15)23-14(4)19(22)20-16-7-9-17(21)10-8-16/h5-6,11-12,14,16-17,21H,7-10H2,1-4H3,(H,20,22). The SMILES string of the molecule is Cc1ccc(C(C)C)cc1OC(C)C(=O)NC1CCC(O)CC1. The summed E-state index contributed by atoms with van der Waals surface area (Å²) in [5.74, 6) is 1.12. The Bertz CT molecular complexity index is 533. The van der Waals surface area contributed by atoms with Crippen LogP contribution in [-0.2, 0) is 4.79 Å². The van der Waals surface area contributed by atoms with Crippen LogP contribution >= 0.6 is 0 Å². The van der Waals surface area contributed by atoms with Gasteiger partial charge in [0.25, 0.3) is 5.91 Å². The number of hydrogen-bond acceptors (Lipinski definition) is 3. The number of aliphatic hydroxyl groups is 1. The van der Waals surface area contributed by atoms with Crippen LogP contribution in [0.15, 0.2) is 18.2 Å². The maximum atomic E-state index is 12.3. The summed E-state index contributed by atoms with van der Waals surface area (Å²) in [6.07, 6.45) is 2.45. The third-order valence-corrected chi connectivity index (χ3v) is 4.59. The number of amides is 1. The number of ether oxygens (including phenoxy) is 1. The molecule has 1 aliphatic carbocycles. The van der Waals surface area contributed by atoms with Crippen molar-refractivity contribution in [3.05, 3.63) is 29.3 Å². The second-order valence-corrected chi connectivity index (χ2v) is 6.95. The molecule has 128 valence electrons. The quantitative estimate of drug-likeness (QED) is 0.875. The van der Waals surface area contributed by atoms with Gasteiger partial charge in [-0.2, -0.15) is 0 Å². The Morgan fingerprint density at radius 2 is 1.87 bits per heavy atom. The van der Waals surface area contributed by atoms with Gasteiger partial charge in [-0.15, -0.1) is 0 Å².